The van der Waals surface area contributed by atoms with Gasteiger partial charge in [0.25, 0.3) is 0 Å². The van der Waals surface area contributed by atoms with Crippen molar-refractivity contribution >= 4 is 56.5 Å². The van der Waals surface area contributed by atoms with Crippen molar-refractivity contribution in [3.8, 4) is 11.1 Å². The van der Waals surface area contributed by atoms with Gasteiger partial charge in [0.1, 0.15) is 0 Å². The molecule has 0 spiro atoms. The highest BCUT2D eigenvalue weighted by Crippen LogP contribution is 2.38. The molecule has 2 nitrogen and oxygen atoms in total. The van der Waals surface area contributed by atoms with E-state index in [2.05, 4.69) is 252 Å². The Labute approximate surface area is 329 Å². The monoisotopic (exact) mass is 716 g/mol. The Kier molecular flexibility index (Phi) is 9.75. The first-order valence-electron chi connectivity index (χ1n) is 19.1. The van der Waals surface area contributed by atoms with E-state index in [1.54, 1.807) is 0 Å². The van der Waals surface area contributed by atoms with Crippen LogP contribution in [0.1, 0.15) is 16.7 Å². The number of benzene rings is 9. The fourth-order valence-corrected chi connectivity index (χ4v) is 7.47. The van der Waals surface area contributed by atoms with E-state index in [-0.39, 0.29) is 0 Å². The van der Waals surface area contributed by atoms with Gasteiger partial charge in [-0.3, -0.25) is 0 Å². The Morgan fingerprint density at radius 1 is 0.286 bits per heavy atom. The van der Waals surface area contributed by atoms with Gasteiger partial charge in [-0.15, -0.1) is 0 Å². The highest BCUT2D eigenvalue weighted by molar-refractivity contribution is 5.96. The van der Waals surface area contributed by atoms with Gasteiger partial charge in [-0.1, -0.05) is 152 Å². The summed E-state index contributed by atoms with van der Waals surface area (Å²) in [5.41, 5.74) is 13.7. The zero-order valence-corrected chi connectivity index (χ0v) is 31.0. The lowest BCUT2D eigenvalue weighted by molar-refractivity contribution is 1.28. The van der Waals surface area contributed by atoms with Crippen LogP contribution in [0.5, 0.6) is 0 Å². The van der Waals surface area contributed by atoms with E-state index < -0.39 is 0 Å². The number of hydrogen-bond donors (Lipinski definition) is 0. The van der Waals surface area contributed by atoms with E-state index in [0.29, 0.717) is 0 Å². The van der Waals surface area contributed by atoms with E-state index in [1.165, 1.54) is 27.5 Å². The standard InChI is InChI=1S/C54H40N2/c1-6-17-42(18-7-1)44-19-16-20-47(39-44)54(43-31-34-52(35-32-43)55(48-21-8-2-9-22-48)49-23-10-3-11-24-49)38-41-29-30-46-40-53(36-33-45(46)37-41)56(50-25-12-4-13-26-50)51-27-14-5-15-28-51/h1-40H. The Morgan fingerprint density at radius 3 is 1.27 bits per heavy atom. The van der Waals surface area contributed by atoms with Gasteiger partial charge < -0.3 is 9.80 Å². The second kappa shape index (κ2) is 15.9. The molecule has 0 atom stereocenters. The average molecular weight is 717 g/mol. The summed E-state index contributed by atoms with van der Waals surface area (Å²) in [4.78, 5) is 4.61. The van der Waals surface area contributed by atoms with Crippen molar-refractivity contribution in [1.82, 2.24) is 0 Å². The molecule has 0 N–H and O–H groups in total. The molecule has 0 aliphatic carbocycles. The quantitative estimate of drug-likeness (QED) is 0.130. The number of anilines is 6. The minimum absolute atomic E-state index is 1.10. The molecule has 0 saturated heterocycles. The van der Waals surface area contributed by atoms with Gasteiger partial charge in [0.05, 0.1) is 0 Å². The summed E-state index contributed by atoms with van der Waals surface area (Å²) in [7, 11) is 0. The summed E-state index contributed by atoms with van der Waals surface area (Å²) in [6, 6.07) is 84.3. The van der Waals surface area contributed by atoms with Crippen LogP contribution in [0.4, 0.5) is 34.1 Å². The Bertz CT molecular complexity index is 2630. The molecule has 0 aliphatic heterocycles. The Balaban J connectivity index is 1.12. The van der Waals surface area contributed by atoms with Gasteiger partial charge >= 0.3 is 0 Å². The molecular formula is C54H40N2. The van der Waals surface area contributed by atoms with Gasteiger partial charge in [0.15, 0.2) is 0 Å². The predicted molar refractivity (Wildman–Crippen MR) is 239 cm³/mol. The normalized spacial score (nSPS) is 11.3. The van der Waals surface area contributed by atoms with Gasteiger partial charge in [0.2, 0.25) is 0 Å². The molecule has 9 aromatic carbocycles. The molecule has 0 bridgehead atoms. The number of hydrogen-bond acceptors (Lipinski definition) is 2. The largest absolute Gasteiger partial charge is 0.311 e. The predicted octanol–water partition coefficient (Wildman–Crippen LogP) is 15.0. The summed E-state index contributed by atoms with van der Waals surface area (Å²) >= 11 is 0. The van der Waals surface area contributed by atoms with Crippen molar-refractivity contribution in [2.24, 2.45) is 0 Å². The maximum atomic E-state index is 2.33. The second-order valence-electron chi connectivity index (χ2n) is 13.9. The van der Waals surface area contributed by atoms with Crippen molar-refractivity contribution in [1.29, 1.82) is 0 Å². The van der Waals surface area contributed by atoms with Crippen LogP contribution in [0.2, 0.25) is 0 Å². The topological polar surface area (TPSA) is 6.48 Å². The van der Waals surface area contributed by atoms with Crippen LogP contribution in [-0.2, 0) is 0 Å². The van der Waals surface area contributed by atoms with E-state index in [4.69, 9.17) is 0 Å². The van der Waals surface area contributed by atoms with E-state index >= 15 is 0 Å². The lowest BCUT2D eigenvalue weighted by Gasteiger charge is -2.25. The van der Waals surface area contributed by atoms with Crippen LogP contribution in [0, 0.1) is 0 Å². The molecule has 2 heteroatoms. The van der Waals surface area contributed by atoms with E-state index in [0.717, 1.165) is 50.8 Å². The third-order valence-corrected chi connectivity index (χ3v) is 10.2. The lowest BCUT2D eigenvalue weighted by atomic mass is 9.92. The zero-order chi connectivity index (χ0) is 37.5. The summed E-state index contributed by atoms with van der Waals surface area (Å²) in [6.07, 6.45) is 2.33. The van der Waals surface area contributed by atoms with Crippen LogP contribution in [0.15, 0.2) is 237 Å². The molecule has 0 heterocycles. The first-order chi connectivity index (χ1) is 27.8. The first kappa shape index (κ1) is 34.4. The molecule has 0 saturated carbocycles. The number of nitrogens with zero attached hydrogens (tertiary/aromatic N) is 2. The van der Waals surface area contributed by atoms with Crippen LogP contribution in [0.3, 0.4) is 0 Å². The highest BCUT2D eigenvalue weighted by Gasteiger charge is 2.15. The van der Waals surface area contributed by atoms with Gasteiger partial charge in [-0.05, 0) is 135 Å². The molecule has 0 fully saturated rings. The van der Waals surface area contributed by atoms with E-state index in [1.807, 2.05) is 0 Å². The van der Waals surface area contributed by atoms with Crippen LogP contribution in [-0.4, -0.2) is 0 Å². The summed E-state index contributed by atoms with van der Waals surface area (Å²) in [5.74, 6) is 0. The third kappa shape index (κ3) is 7.37. The van der Waals surface area contributed by atoms with Gasteiger partial charge in [0, 0.05) is 34.1 Å². The minimum Gasteiger partial charge on any atom is -0.311 e. The SMILES string of the molecule is C(=C(c1ccc(N(c2ccccc2)c2ccccc2)cc1)c1cccc(-c2ccccc2)c1)c1ccc2cc(N(c3ccccc3)c3ccccc3)ccc2c1. The van der Waals surface area contributed by atoms with Crippen molar-refractivity contribution in [2.75, 3.05) is 9.80 Å². The van der Waals surface area contributed by atoms with Crippen molar-refractivity contribution < 1.29 is 0 Å². The summed E-state index contributed by atoms with van der Waals surface area (Å²) in [6.45, 7) is 0. The van der Waals surface area contributed by atoms with Crippen molar-refractivity contribution in [2.45, 2.75) is 0 Å². The summed E-state index contributed by atoms with van der Waals surface area (Å²) in [5, 5.41) is 2.38. The molecule has 56 heavy (non-hydrogen) atoms. The molecule has 9 rings (SSSR count). The molecular weight excluding hydrogens is 677 g/mol. The molecule has 0 unspecified atom stereocenters. The maximum absolute atomic E-state index is 2.33. The second-order valence-corrected chi connectivity index (χ2v) is 13.9. The Hall–Kier alpha value is -7.42. The zero-order valence-electron chi connectivity index (χ0n) is 31.0. The van der Waals surface area contributed by atoms with Crippen LogP contribution >= 0.6 is 0 Å². The fraction of sp³-hybridized carbons (Fsp3) is 0. The molecule has 0 aromatic heterocycles. The molecule has 0 radical (unpaired) electrons. The fourth-order valence-electron chi connectivity index (χ4n) is 7.47. The molecule has 266 valence electrons. The van der Waals surface area contributed by atoms with Crippen molar-refractivity contribution in [3.05, 3.63) is 253 Å². The van der Waals surface area contributed by atoms with Gasteiger partial charge in [-0.2, -0.15) is 0 Å². The first-order valence-corrected chi connectivity index (χ1v) is 19.1. The maximum Gasteiger partial charge on any atom is 0.0468 e. The molecule has 0 aliphatic rings. The van der Waals surface area contributed by atoms with E-state index in [9.17, 15) is 0 Å². The average Bonchev–Trinajstić information content (AvgIpc) is 3.28. The smallest absolute Gasteiger partial charge is 0.0468 e. The summed E-state index contributed by atoms with van der Waals surface area (Å²) < 4.78 is 0. The number of fused-ring (bicyclic) bond motifs is 1. The minimum atomic E-state index is 1.10. The lowest BCUT2D eigenvalue weighted by Crippen LogP contribution is -2.09. The van der Waals surface area contributed by atoms with Gasteiger partial charge in [-0.25, -0.2) is 0 Å². The number of rotatable bonds is 10. The molecule has 9 aromatic rings. The van der Waals surface area contributed by atoms with Crippen LogP contribution < -0.4 is 9.80 Å². The van der Waals surface area contributed by atoms with Crippen molar-refractivity contribution in [3.63, 3.8) is 0 Å². The highest BCUT2D eigenvalue weighted by atomic mass is 15.1. The number of para-hydroxylation sites is 4. The third-order valence-electron chi connectivity index (χ3n) is 10.2. The molecule has 0 amide bonds. The van der Waals surface area contributed by atoms with Crippen LogP contribution in [0.25, 0.3) is 33.5 Å². The Morgan fingerprint density at radius 2 is 0.714 bits per heavy atom.